The highest BCUT2D eigenvalue weighted by atomic mass is 32.2. The molecule has 0 saturated carbocycles. The van der Waals surface area contributed by atoms with Crippen LogP contribution in [0.4, 0.5) is 0 Å². The second-order valence-corrected chi connectivity index (χ2v) is 6.83. The molecule has 0 bridgehead atoms. The minimum atomic E-state index is -3.37. The van der Waals surface area contributed by atoms with Crippen LogP contribution in [0.15, 0.2) is 47.4 Å². The van der Waals surface area contributed by atoms with Crippen LogP contribution in [0.1, 0.15) is 16.7 Å². The van der Waals surface area contributed by atoms with E-state index in [0.29, 0.717) is 22.8 Å². The third-order valence-electron chi connectivity index (χ3n) is 3.35. The Morgan fingerprint density at radius 3 is 2.48 bits per heavy atom. The average molecular weight is 305 g/mol. The van der Waals surface area contributed by atoms with E-state index in [2.05, 4.69) is 0 Å². The molecule has 0 fully saturated rings. The predicted molar refractivity (Wildman–Crippen MR) is 83.0 cm³/mol. The molecule has 0 aromatic heterocycles. The lowest BCUT2D eigenvalue weighted by atomic mass is 10.1. The summed E-state index contributed by atoms with van der Waals surface area (Å²) in [5.74, 6) is 0.629. The normalized spacial score (nSPS) is 11.4. The molecule has 5 heteroatoms. The molecule has 0 amide bonds. The molecule has 0 aliphatic heterocycles. The van der Waals surface area contributed by atoms with Crippen LogP contribution in [0, 0.1) is 6.92 Å². The van der Waals surface area contributed by atoms with Crippen molar-refractivity contribution in [2.75, 3.05) is 7.11 Å². The molecule has 0 unspecified atom stereocenters. The van der Waals surface area contributed by atoms with Crippen LogP contribution < -0.4 is 10.5 Å². The Morgan fingerprint density at radius 2 is 1.86 bits per heavy atom. The van der Waals surface area contributed by atoms with Gasteiger partial charge in [0.1, 0.15) is 5.75 Å². The van der Waals surface area contributed by atoms with Crippen LogP contribution in [-0.2, 0) is 22.1 Å². The highest BCUT2D eigenvalue weighted by Gasteiger charge is 2.18. The lowest BCUT2D eigenvalue weighted by Crippen LogP contribution is -2.08. The number of hydrogen-bond acceptors (Lipinski definition) is 4. The summed E-state index contributed by atoms with van der Waals surface area (Å²) < 4.78 is 30.2. The van der Waals surface area contributed by atoms with Crippen molar-refractivity contribution in [1.82, 2.24) is 0 Å². The van der Waals surface area contributed by atoms with Gasteiger partial charge < -0.3 is 10.5 Å². The van der Waals surface area contributed by atoms with Gasteiger partial charge in [-0.05, 0) is 36.2 Å². The van der Waals surface area contributed by atoms with Crippen molar-refractivity contribution in [3.05, 3.63) is 59.2 Å². The topological polar surface area (TPSA) is 69.4 Å². The molecule has 2 aromatic carbocycles. The molecule has 0 aliphatic rings. The van der Waals surface area contributed by atoms with Crippen LogP contribution in [0.5, 0.6) is 5.75 Å². The van der Waals surface area contributed by atoms with Gasteiger partial charge in [-0.2, -0.15) is 0 Å². The zero-order valence-electron chi connectivity index (χ0n) is 12.2. The van der Waals surface area contributed by atoms with Gasteiger partial charge in [0.05, 0.1) is 17.8 Å². The number of ether oxygens (including phenoxy) is 1. The third kappa shape index (κ3) is 3.43. The van der Waals surface area contributed by atoms with Gasteiger partial charge in [0.15, 0.2) is 9.84 Å². The minimum Gasteiger partial charge on any atom is -0.496 e. The number of hydrogen-bond donors (Lipinski definition) is 1. The summed E-state index contributed by atoms with van der Waals surface area (Å²) in [6.45, 7) is 2.10. The van der Waals surface area contributed by atoms with Gasteiger partial charge in [-0.3, -0.25) is 0 Å². The van der Waals surface area contributed by atoms with E-state index in [1.807, 2.05) is 6.07 Å². The molecule has 2 N–H and O–H groups in total. The van der Waals surface area contributed by atoms with Crippen molar-refractivity contribution < 1.29 is 13.2 Å². The summed E-state index contributed by atoms with van der Waals surface area (Å²) in [5.41, 5.74) is 7.93. The first-order valence-electron chi connectivity index (χ1n) is 6.62. The maximum atomic E-state index is 12.5. The lowest BCUT2D eigenvalue weighted by Gasteiger charge is -2.11. The van der Waals surface area contributed by atoms with Crippen LogP contribution in [0.25, 0.3) is 0 Å². The van der Waals surface area contributed by atoms with Gasteiger partial charge in [0.25, 0.3) is 0 Å². The van der Waals surface area contributed by atoms with Crippen molar-refractivity contribution in [3.63, 3.8) is 0 Å². The Morgan fingerprint density at radius 1 is 1.14 bits per heavy atom. The zero-order valence-corrected chi connectivity index (χ0v) is 13.0. The summed E-state index contributed by atoms with van der Waals surface area (Å²) in [4.78, 5) is 0.370. The smallest absolute Gasteiger partial charge is 0.182 e. The van der Waals surface area contributed by atoms with Crippen LogP contribution in [-0.4, -0.2) is 15.5 Å². The SMILES string of the molecule is COc1ccc(CS(=O)(=O)c2ccccc2C)cc1CN. The zero-order chi connectivity index (χ0) is 15.5. The Hall–Kier alpha value is -1.85. The van der Waals surface area contributed by atoms with E-state index in [1.165, 1.54) is 0 Å². The van der Waals surface area contributed by atoms with Gasteiger partial charge in [-0.15, -0.1) is 0 Å². The maximum absolute atomic E-state index is 12.5. The maximum Gasteiger partial charge on any atom is 0.182 e. The molecule has 4 nitrogen and oxygen atoms in total. The van der Waals surface area contributed by atoms with E-state index >= 15 is 0 Å². The molecule has 2 rings (SSSR count). The molecule has 0 radical (unpaired) electrons. The van der Waals surface area contributed by atoms with Crippen molar-refractivity contribution in [1.29, 1.82) is 0 Å². The number of methoxy groups -OCH3 is 1. The molecule has 112 valence electrons. The standard InChI is InChI=1S/C16H19NO3S/c1-12-5-3-4-6-16(12)21(18,19)11-13-7-8-15(20-2)14(9-13)10-17/h3-9H,10-11,17H2,1-2H3. The first-order chi connectivity index (χ1) is 9.97. The molecule has 21 heavy (non-hydrogen) atoms. The van der Waals surface area contributed by atoms with Gasteiger partial charge in [-0.1, -0.05) is 24.3 Å². The number of benzene rings is 2. The fourth-order valence-electron chi connectivity index (χ4n) is 2.28. The minimum absolute atomic E-state index is 0.0468. The summed E-state index contributed by atoms with van der Waals surface area (Å²) in [6.07, 6.45) is 0. The van der Waals surface area contributed by atoms with Crippen molar-refractivity contribution >= 4 is 9.84 Å². The Labute approximate surface area is 125 Å². The van der Waals surface area contributed by atoms with Gasteiger partial charge >= 0.3 is 0 Å². The predicted octanol–water partition coefficient (Wildman–Crippen LogP) is 2.44. The second-order valence-electron chi connectivity index (χ2n) is 4.87. The first kappa shape index (κ1) is 15.5. The van der Waals surface area contributed by atoms with E-state index < -0.39 is 9.84 Å². The Bertz CT molecular complexity index is 739. The molecule has 0 aliphatic carbocycles. The van der Waals surface area contributed by atoms with Gasteiger partial charge in [0, 0.05) is 12.1 Å². The number of rotatable bonds is 5. The lowest BCUT2D eigenvalue weighted by molar-refractivity contribution is 0.409. The fourth-order valence-corrected chi connectivity index (χ4v) is 3.90. The van der Waals surface area contributed by atoms with Gasteiger partial charge in [-0.25, -0.2) is 8.42 Å². The largest absolute Gasteiger partial charge is 0.496 e. The summed E-state index contributed by atoms with van der Waals surface area (Å²) in [7, 11) is -1.80. The second kappa shape index (κ2) is 6.28. The van der Waals surface area contributed by atoms with Crippen molar-refractivity contribution in [2.45, 2.75) is 24.1 Å². The van der Waals surface area contributed by atoms with E-state index in [9.17, 15) is 8.42 Å². The van der Waals surface area contributed by atoms with Crippen LogP contribution >= 0.6 is 0 Å². The number of sulfone groups is 1. The molecule has 0 spiro atoms. The Balaban J connectivity index is 2.35. The quantitative estimate of drug-likeness (QED) is 0.921. The number of aryl methyl sites for hydroxylation is 1. The fraction of sp³-hybridized carbons (Fsp3) is 0.250. The van der Waals surface area contributed by atoms with E-state index in [0.717, 1.165) is 11.1 Å². The molecule has 0 heterocycles. The molecule has 0 saturated heterocycles. The monoisotopic (exact) mass is 305 g/mol. The average Bonchev–Trinajstić information content (AvgIpc) is 2.47. The highest BCUT2D eigenvalue weighted by molar-refractivity contribution is 7.90. The van der Waals surface area contributed by atoms with Crippen molar-refractivity contribution in [3.8, 4) is 5.75 Å². The van der Waals surface area contributed by atoms with Crippen LogP contribution in [0.3, 0.4) is 0 Å². The third-order valence-corrected chi connectivity index (χ3v) is 5.19. The van der Waals surface area contributed by atoms with Gasteiger partial charge in [0.2, 0.25) is 0 Å². The highest BCUT2D eigenvalue weighted by Crippen LogP contribution is 2.24. The summed E-state index contributed by atoms with van der Waals surface area (Å²) >= 11 is 0. The summed E-state index contributed by atoms with van der Waals surface area (Å²) in [5, 5.41) is 0. The Kier molecular flexibility index (Phi) is 4.65. The van der Waals surface area contributed by atoms with Crippen LogP contribution in [0.2, 0.25) is 0 Å². The molecule has 2 aromatic rings. The first-order valence-corrected chi connectivity index (χ1v) is 8.27. The molecular weight excluding hydrogens is 286 g/mol. The van der Waals surface area contributed by atoms with Crippen molar-refractivity contribution in [2.24, 2.45) is 5.73 Å². The molecule has 0 atom stereocenters. The van der Waals surface area contributed by atoms with E-state index in [4.69, 9.17) is 10.5 Å². The number of nitrogens with two attached hydrogens (primary N) is 1. The summed E-state index contributed by atoms with van der Waals surface area (Å²) in [6, 6.07) is 12.3. The van der Waals surface area contributed by atoms with E-state index in [-0.39, 0.29) is 5.75 Å². The van der Waals surface area contributed by atoms with E-state index in [1.54, 1.807) is 50.4 Å². The molecular formula is C16H19NO3S.